The molecule has 7 nitrogen and oxygen atoms in total. The number of nitrogens with one attached hydrogen (secondary N) is 1. The van der Waals surface area contributed by atoms with Gasteiger partial charge in [0.25, 0.3) is 0 Å². The number of rotatable bonds is 4. The molecule has 0 aliphatic carbocycles. The molecule has 0 saturated carbocycles. The molecule has 2 aromatic rings. The van der Waals surface area contributed by atoms with Gasteiger partial charge in [-0.15, -0.1) is 8.78 Å². The van der Waals surface area contributed by atoms with Crippen LogP contribution in [0.5, 0.6) is 11.5 Å². The third-order valence-electron chi connectivity index (χ3n) is 4.30. The van der Waals surface area contributed by atoms with Crippen molar-refractivity contribution < 1.29 is 23.0 Å². The van der Waals surface area contributed by atoms with Crippen LogP contribution in [0.15, 0.2) is 24.5 Å². The largest absolute Gasteiger partial charge is 0.586 e. The molecule has 128 valence electrons. The average molecular weight is 338 g/mol. The minimum Gasteiger partial charge on any atom is -0.395 e. The van der Waals surface area contributed by atoms with Gasteiger partial charge in [0.15, 0.2) is 11.5 Å². The Bertz CT molecular complexity index is 726. The second kappa shape index (κ2) is 5.67. The molecule has 2 aliphatic heterocycles. The molecule has 1 fully saturated rings. The van der Waals surface area contributed by atoms with Gasteiger partial charge in [0.05, 0.1) is 12.1 Å². The second-order valence-electron chi connectivity index (χ2n) is 5.86. The number of hydrogen-bond donors (Lipinski definition) is 1. The molecule has 2 atom stereocenters. The number of benzene rings is 1. The number of aromatic nitrogens is 3. The molecular formula is C15H16F2N4O3. The fourth-order valence-corrected chi connectivity index (χ4v) is 3.19. The van der Waals surface area contributed by atoms with Crippen LogP contribution in [0.3, 0.4) is 0 Å². The lowest BCUT2D eigenvalue weighted by Crippen LogP contribution is -2.26. The zero-order chi connectivity index (χ0) is 16.7. The van der Waals surface area contributed by atoms with Gasteiger partial charge in [-0.25, -0.2) is 4.98 Å². The Morgan fingerprint density at radius 1 is 1.38 bits per heavy atom. The number of aromatic amines is 1. The zero-order valence-electron chi connectivity index (χ0n) is 12.9. The topological polar surface area (TPSA) is 72.5 Å². The molecule has 1 aromatic carbocycles. The number of H-pyrrole nitrogens is 1. The summed E-state index contributed by atoms with van der Waals surface area (Å²) in [5.41, 5.74) is 0.844. The Balaban J connectivity index is 1.54. The first kappa shape index (κ1) is 15.3. The monoisotopic (exact) mass is 338 g/mol. The minimum atomic E-state index is -3.60. The van der Waals surface area contributed by atoms with Crippen molar-refractivity contribution >= 4 is 0 Å². The number of nitrogens with zero attached hydrogens (tertiary/aromatic N) is 3. The van der Waals surface area contributed by atoms with E-state index in [4.69, 9.17) is 4.74 Å². The fourth-order valence-electron chi connectivity index (χ4n) is 3.19. The first-order valence-electron chi connectivity index (χ1n) is 7.55. The van der Waals surface area contributed by atoms with Gasteiger partial charge in [-0.05, 0) is 24.1 Å². The van der Waals surface area contributed by atoms with Crippen LogP contribution >= 0.6 is 0 Å². The Kier molecular flexibility index (Phi) is 3.61. The molecule has 1 aromatic heterocycles. The molecule has 9 heteroatoms. The van der Waals surface area contributed by atoms with Crippen molar-refractivity contribution in [3.8, 4) is 11.5 Å². The molecule has 0 amide bonds. The lowest BCUT2D eigenvalue weighted by atomic mass is 10.1. The van der Waals surface area contributed by atoms with Gasteiger partial charge in [-0.1, -0.05) is 6.07 Å². The van der Waals surface area contributed by atoms with E-state index in [1.807, 2.05) is 0 Å². The molecule has 0 radical (unpaired) electrons. The molecule has 24 heavy (non-hydrogen) atoms. The first-order chi connectivity index (χ1) is 11.5. The maximum Gasteiger partial charge on any atom is 0.586 e. The summed E-state index contributed by atoms with van der Waals surface area (Å²) in [5, 5.41) is 6.79. The van der Waals surface area contributed by atoms with E-state index < -0.39 is 6.29 Å². The van der Waals surface area contributed by atoms with Crippen LogP contribution in [0.4, 0.5) is 8.78 Å². The van der Waals surface area contributed by atoms with Crippen molar-refractivity contribution in [1.29, 1.82) is 0 Å². The van der Waals surface area contributed by atoms with Crippen LogP contribution in [0, 0.1) is 0 Å². The number of halogens is 2. The fraction of sp³-hybridized carbons (Fsp3) is 0.467. The summed E-state index contributed by atoms with van der Waals surface area (Å²) >= 11 is 0. The van der Waals surface area contributed by atoms with Crippen molar-refractivity contribution in [1.82, 2.24) is 20.1 Å². The highest BCUT2D eigenvalue weighted by atomic mass is 19.3. The highest BCUT2D eigenvalue weighted by Crippen LogP contribution is 2.42. The summed E-state index contributed by atoms with van der Waals surface area (Å²) in [4.78, 5) is 6.40. The van der Waals surface area contributed by atoms with Crippen LogP contribution in [0.2, 0.25) is 0 Å². The second-order valence-corrected chi connectivity index (χ2v) is 5.86. The summed E-state index contributed by atoms with van der Waals surface area (Å²) < 4.78 is 40.7. The molecular weight excluding hydrogens is 322 g/mol. The van der Waals surface area contributed by atoms with E-state index in [-0.39, 0.29) is 23.6 Å². The summed E-state index contributed by atoms with van der Waals surface area (Å²) in [5.74, 6) is 0.866. The summed E-state index contributed by atoms with van der Waals surface area (Å²) in [7, 11) is 1.67. The van der Waals surface area contributed by atoms with Crippen molar-refractivity contribution in [3.05, 3.63) is 35.9 Å². The predicted molar refractivity (Wildman–Crippen MR) is 77.6 cm³/mol. The molecule has 3 heterocycles. The van der Waals surface area contributed by atoms with E-state index in [0.29, 0.717) is 13.1 Å². The summed E-state index contributed by atoms with van der Waals surface area (Å²) in [6.07, 6.45) is -1.26. The Morgan fingerprint density at radius 2 is 2.21 bits per heavy atom. The van der Waals surface area contributed by atoms with Gasteiger partial charge in [-0.2, -0.15) is 5.10 Å². The van der Waals surface area contributed by atoms with Crippen LogP contribution in [-0.4, -0.2) is 46.1 Å². The third-order valence-corrected chi connectivity index (χ3v) is 4.30. The van der Waals surface area contributed by atoms with Crippen LogP contribution in [0.25, 0.3) is 0 Å². The number of ether oxygens (including phenoxy) is 3. The highest BCUT2D eigenvalue weighted by Gasteiger charge is 2.43. The normalized spacial score (nSPS) is 25.3. The van der Waals surface area contributed by atoms with Crippen molar-refractivity contribution in [3.63, 3.8) is 0 Å². The Morgan fingerprint density at radius 3 is 2.96 bits per heavy atom. The van der Waals surface area contributed by atoms with E-state index >= 15 is 0 Å². The lowest BCUT2D eigenvalue weighted by Gasteiger charge is -2.22. The molecule has 2 aliphatic rings. The molecule has 4 rings (SSSR count). The average Bonchev–Trinajstić information content (AvgIpc) is 3.23. The van der Waals surface area contributed by atoms with Gasteiger partial charge in [0.2, 0.25) is 0 Å². The van der Waals surface area contributed by atoms with E-state index in [1.165, 1.54) is 12.4 Å². The van der Waals surface area contributed by atoms with E-state index in [2.05, 4.69) is 29.6 Å². The standard InChI is InChI=1S/C15H16F2N4O3/c1-22-10-5-11(14-18-8-19-20-14)21(7-10)6-9-2-3-12-13(4-9)24-15(16,17)23-12/h2-4,8,10-11H,5-7H2,1H3,(H,18,19,20)/t10-,11+/m1/s1. The Labute approximate surface area is 136 Å². The van der Waals surface area contributed by atoms with E-state index in [0.717, 1.165) is 17.8 Å². The van der Waals surface area contributed by atoms with Gasteiger partial charge >= 0.3 is 6.29 Å². The molecule has 1 N–H and O–H groups in total. The predicted octanol–water partition coefficient (Wildman–Crippen LogP) is 2.09. The van der Waals surface area contributed by atoms with Gasteiger partial charge in [0.1, 0.15) is 12.2 Å². The van der Waals surface area contributed by atoms with Crippen molar-refractivity contribution in [2.45, 2.75) is 31.4 Å². The number of likely N-dealkylation sites (tertiary alicyclic amines) is 1. The highest BCUT2D eigenvalue weighted by molar-refractivity contribution is 5.45. The SMILES string of the molecule is CO[C@@H]1C[C@@H](c2ncn[nH]2)N(Cc2ccc3c(c2)OC(F)(F)O3)C1. The smallest absolute Gasteiger partial charge is 0.395 e. The van der Waals surface area contributed by atoms with E-state index in [9.17, 15) is 8.78 Å². The Hall–Kier alpha value is -2.26. The number of alkyl halides is 2. The molecule has 0 bridgehead atoms. The lowest BCUT2D eigenvalue weighted by molar-refractivity contribution is -0.286. The quantitative estimate of drug-likeness (QED) is 0.920. The maximum atomic E-state index is 13.1. The third kappa shape index (κ3) is 2.80. The molecule has 0 unspecified atom stereocenters. The summed E-state index contributed by atoms with van der Waals surface area (Å²) in [6.45, 7) is 1.26. The van der Waals surface area contributed by atoms with Crippen molar-refractivity contribution in [2.24, 2.45) is 0 Å². The zero-order valence-corrected chi connectivity index (χ0v) is 12.9. The first-order valence-corrected chi connectivity index (χ1v) is 7.55. The molecule has 0 spiro atoms. The molecule has 1 saturated heterocycles. The van der Waals surface area contributed by atoms with E-state index in [1.54, 1.807) is 19.2 Å². The summed E-state index contributed by atoms with van der Waals surface area (Å²) in [6, 6.07) is 4.86. The number of methoxy groups -OCH3 is 1. The van der Waals surface area contributed by atoms with Gasteiger partial charge in [0, 0.05) is 20.2 Å². The van der Waals surface area contributed by atoms with Crippen molar-refractivity contribution in [2.75, 3.05) is 13.7 Å². The van der Waals surface area contributed by atoms with Crippen LogP contribution < -0.4 is 9.47 Å². The van der Waals surface area contributed by atoms with Crippen LogP contribution in [0.1, 0.15) is 23.9 Å². The van der Waals surface area contributed by atoms with Crippen LogP contribution in [-0.2, 0) is 11.3 Å². The number of hydrogen-bond acceptors (Lipinski definition) is 6. The maximum absolute atomic E-state index is 13.1. The van der Waals surface area contributed by atoms with Gasteiger partial charge < -0.3 is 14.2 Å². The van der Waals surface area contributed by atoms with Gasteiger partial charge in [-0.3, -0.25) is 10.00 Å². The minimum absolute atomic E-state index is 0.0318. The number of fused-ring (bicyclic) bond motifs is 1.